The molecule has 0 N–H and O–H groups in total. The number of ether oxygens (including phenoxy) is 5. The van der Waals surface area contributed by atoms with Crippen molar-refractivity contribution in [3.63, 3.8) is 0 Å². The molecule has 0 aromatic heterocycles. The normalized spacial score (nSPS) is 26.8. The third-order valence-electron chi connectivity index (χ3n) is 5.87. The summed E-state index contributed by atoms with van der Waals surface area (Å²) in [5, 5.41) is 0. The van der Waals surface area contributed by atoms with Crippen LogP contribution in [0, 0.1) is 0 Å². The first kappa shape index (κ1) is 21.3. The van der Waals surface area contributed by atoms with Crippen LogP contribution in [-0.2, 0) is 43.5 Å². The van der Waals surface area contributed by atoms with Crippen molar-refractivity contribution in [3.05, 3.63) is 108 Å². The topological polar surface area (TPSA) is 46.2 Å². The smallest absolute Gasteiger partial charge is 0.187 e. The maximum absolute atomic E-state index is 6.44. The minimum Gasteiger partial charge on any atom is -0.368 e. The summed E-state index contributed by atoms with van der Waals surface area (Å²) in [6.07, 6.45) is -1.63. The second-order valence-corrected chi connectivity index (χ2v) is 8.16. The fourth-order valence-electron chi connectivity index (χ4n) is 4.20. The van der Waals surface area contributed by atoms with Gasteiger partial charge in [-0.3, -0.25) is 0 Å². The number of rotatable bonds is 9. The van der Waals surface area contributed by atoms with E-state index in [1.165, 1.54) is 0 Å². The molecule has 5 rings (SSSR count). The first-order valence-corrected chi connectivity index (χ1v) is 11.1. The van der Waals surface area contributed by atoms with E-state index in [1.54, 1.807) is 0 Å². The Morgan fingerprint density at radius 2 is 1.00 bits per heavy atom. The highest BCUT2D eigenvalue weighted by molar-refractivity contribution is 5.15. The zero-order chi connectivity index (χ0) is 21.6. The fourth-order valence-corrected chi connectivity index (χ4v) is 4.20. The quantitative estimate of drug-likeness (QED) is 0.498. The molecule has 2 heterocycles. The largest absolute Gasteiger partial charge is 0.368 e. The lowest BCUT2D eigenvalue weighted by atomic mass is 10.00. The van der Waals surface area contributed by atoms with Crippen LogP contribution in [-0.4, -0.2) is 37.3 Å². The van der Waals surface area contributed by atoms with Gasteiger partial charge in [-0.2, -0.15) is 0 Å². The Morgan fingerprint density at radius 3 is 1.50 bits per heavy atom. The van der Waals surface area contributed by atoms with Crippen LogP contribution >= 0.6 is 0 Å². The predicted octanol–water partition coefficient (Wildman–Crippen LogP) is 4.50. The van der Waals surface area contributed by atoms with Gasteiger partial charge in [-0.05, 0) is 16.7 Å². The molecular formula is C27H28O5. The first-order valence-electron chi connectivity index (χ1n) is 11.1. The van der Waals surface area contributed by atoms with Gasteiger partial charge in [0.2, 0.25) is 0 Å². The number of benzene rings is 3. The van der Waals surface area contributed by atoms with Crippen molar-refractivity contribution < 1.29 is 23.7 Å². The molecule has 32 heavy (non-hydrogen) atoms. The lowest BCUT2D eigenvalue weighted by Crippen LogP contribution is -2.56. The summed E-state index contributed by atoms with van der Waals surface area (Å²) in [5.41, 5.74) is 3.31. The van der Waals surface area contributed by atoms with Crippen LogP contribution in [0.3, 0.4) is 0 Å². The minimum absolute atomic E-state index is 0.180. The number of hydrogen-bond acceptors (Lipinski definition) is 5. The molecule has 3 aromatic carbocycles. The van der Waals surface area contributed by atoms with Gasteiger partial charge in [0, 0.05) is 0 Å². The molecule has 0 aliphatic carbocycles. The summed E-state index contributed by atoms with van der Waals surface area (Å²) in [6.45, 7) is 1.88. The third kappa shape index (κ3) is 5.09. The lowest BCUT2D eigenvalue weighted by Gasteiger charge is -2.40. The Bertz CT molecular complexity index is 892. The van der Waals surface area contributed by atoms with Gasteiger partial charge in [-0.15, -0.1) is 0 Å². The molecule has 2 bridgehead atoms. The van der Waals surface area contributed by atoms with Gasteiger partial charge in [0.25, 0.3) is 0 Å². The van der Waals surface area contributed by atoms with Crippen LogP contribution in [0.5, 0.6) is 0 Å². The highest BCUT2D eigenvalue weighted by Gasteiger charge is 2.52. The summed E-state index contributed by atoms with van der Waals surface area (Å²) >= 11 is 0. The van der Waals surface area contributed by atoms with Gasteiger partial charge < -0.3 is 23.7 Å². The first-order chi connectivity index (χ1) is 15.9. The molecule has 5 atom stereocenters. The summed E-state index contributed by atoms with van der Waals surface area (Å²) in [7, 11) is 0. The molecule has 0 saturated carbocycles. The van der Waals surface area contributed by atoms with Crippen LogP contribution in [0.1, 0.15) is 16.7 Å². The molecule has 166 valence electrons. The molecule has 5 nitrogen and oxygen atoms in total. The number of hydrogen-bond donors (Lipinski definition) is 0. The maximum Gasteiger partial charge on any atom is 0.187 e. The van der Waals surface area contributed by atoms with Crippen molar-refractivity contribution in [1.82, 2.24) is 0 Å². The van der Waals surface area contributed by atoms with E-state index in [-0.39, 0.29) is 18.3 Å². The Kier molecular flexibility index (Phi) is 6.92. The molecule has 0 unspecified atom stereocenters. The zero-order valence-corrected chi connectivity index (χ0v) is 17.9. The zero-order valence-electron chi connectivity index (χ0n) is 17.9. The van der Waals surface area contributed by atoms with E-state index < -0.39 is 12.4 Å². The lowest BCUT2D eigenvalue weighted by molar-refractivity contribution is -0.268. The third-order valence-corrected chi connectivity index (χ3v) is 5.87. The number of fused-ring (bicyclic) bond motifs is 2. The Morgan fingerprint density at radius 1 is 0.562 bits per heavy atom. The summed E-state index contributed by atoms with van der Waals surface area (Å²) in [6, 6.07) is 30.4. The van der Waals surface area contributed by atoms with Crippen molar-refractivity contribution in [1.29, 1.82) is 0 Å². The molecule has 5 heteroatoms. The standard InChI is InChI=1S/C27H28O5/c1-4-10-20(11-5-1)16-28-24-23-19-31-27(32-23)26(30-18-22-14-8-3-9-15-22)25(24)29-17-21-12-6-2-7-13-21/h1-15,23-27H,16-19H2/t23-,24+,25-,26+,27-/m0/s1. The molecule has 0 amide bonds. The van der Waals surface area contributed by atoms with Crippen LogP contribution in [0.15, 0.2) is 91.0 Å². The van der Waals surface area contributed by atoms with Crippen molar-refractivity contribution in [2.24, 2.45) is 0 Å². The van der Waals surface area contributed by atoms with E-state index in [4.69, 9.17) is 23.7 Å². The Hall–Kier alpha value is -2.54. The van der Waals surface area contributed by atoms with Crippen molar-refractivity contribution in [3.8, 4) is 0 Å². The minimum atomic E-state index is -0.457. The summed E-state index contributed by atoms with van der Waals surface area (Å²) < 4.78 is 31.2. The van der Waals surface area contributed by atoms with Crippen LogP contribution < -0.4 is 0 Å². The van der Waals surface area contributed by atoms with Crippen molar-refractivity contribution in [2.45, 2.75) is 50.5 Å². The van der Waals surface area contributed by atoms with Crippen LogP contribution in [0.25, 0.3) is 0 Å². The maximum atomic E-state index is 6.44. The Balaban J connectivity index is 1.33. The molecule has 0 radical (unpaired) electrons. The van der Waals surface area contributed by atoms with E-state index in [0.29, 0.717) is 26.4 Å². The van der Waals surface area contributed by atoms with Crippen molar-refractivity contribution in [2.75, 3.05) is 6.61 Å². The van der Waals surface area contributed by atoms with Crippen LogP contribution in [0.2, 0.25) is 0 Å². The van der Waals surface area contributed by atoms with Gasteiger partial charge in [0.1, 0.15) is 24.4 Å². The van der Waals surface area contributed by atoms with E-state index >= 15 is 0 Å². The van der Waals surface area contributed by atoms with Gasteiger partial charge in [-0.25, -0.2) is 0 Å². The van der Waals surface area contributed by atoms with E-state index in [0.717, 1.165) is 16.7 Å². The fraction of sp³-hybridized carbons (Fsp3) is 0.333. The van der Waals surface area contributed by atoms with E-state index in [1.807, 2.05) is 66.7 Å². The predicted molar refractivity (Wildman–Crippen MR) is 120 cm³/mol. The summed E-state index contributed by atoms with van der Waals surface area (Å²) in [5.74, 6) is 0. The van der Waals surface area contributed by atoms with Gasteiger partial charge in [-0.1, -0.05) is 91.0 Å². The molecule has 2 fully saturated rings. The molecule has 2 aliphatic heterocycles. The molecular weight excluding hydrogens is 404 g/mol. The monoisotopic (exact) mass is 432 g/mol. The van der Waals surface area contributed by atoms with Gasteiger partial charge >= 0.3 is 0 Å². The van der Waals surface area contributed by atoms with E-state index in [2.05, 4.69) is 24.3 Å². The van der Waals surface area contributed by atoms with E-state index in [9.17, 15) is 0 Å². The molecule has 2 saturated heterocycles. The van der Waals surface area contributed by atoms with Crippen LogP contribution in [0.4, 0.5) is 0 Å². The molecule has 2 aliphatic rings. The van der Waals surface area contributed by atoms with Crippen molar-refractivity contribution >= 4 is 0 Å². The second-order valence-electron chi connectivity index (χ2n) is 8.16. The average molecular weight is 433 g/mol. The molecule has 3 aromatic rings. The molecule has 0 spiro atoms. The van der Waals surface area contributed by atoms with Gasteiger partial charge in [0.05, 0.1) is 26.4 Å². The second kappa shape index (κ2) is 10.4. The highest BCUT2D eigenvalue weighted by atomic mass is 16.8. The Labute approximate surface area is 188 Å². The average Bonchev–Trinajstić information content (AvgIpc) is 3.29. The SMILES string of the molecule is c1ccc(CO[C@@H]2[C@@H](OCc3ccccc3)[C@H]3OC[C@H](O3)[C@H]2OCc2ccccc2)cc1. The highest BCUT2D eigenvalue weighted by Crippen LogP contribution is 2.35. The van der Waals surface area contributed by atoms with Gasteiger partial charge in [0.15, 0.2) is 6.29 Å². The summed E-state index contributed by atoms with van der Waals surface area (Å²) in [4.78, 5) is 0.